The van der Waals surface area contributed by atoms with Crippen LogP contribution in [-0.4, -0.2) is 12.0 Å². The molecule has 0 aliphatic carbocycles. The normalized spacial score (nSPS) is 10.9. The number of nitro groups is 1. The van der Waals surface area contributed by atoms with E-state index < -0.39 is 4.92 Å². The fourth-order valence-corrected chi connectivity index (χ4v) is 3.75. The number of halogens is 2. The number of benzene rings is 3. The number of ether oxygens (including phenoxy) is 2. The number of nitrogens with zero attached hydrogens (tertiary/aromatic N) is 2. The number of nitro benzene ring substituents is 1. The van der Waals surface area contributed by atoms with Crippen LogP contribution < -0.4 is 9.47 Å². The van der Waals surface area contributed by atoms with Crippen LogP contribution in [0, 0.1) is 21.4 Å². The Hall–Kier alpha value is -3.79. The van der Waals surface area contributed by atoms with Gasteiger partial charge in [0.15, 0.2) is 11.5 Å². The standard InChI is InChI=1S/C26H20Cl2N2O4/c1-3-4-19-11-17(12-21(15-29)18-6-9-23(10-7-18)30(31)32)13-25(33-2)26(19)34-16-20-5-8-22(27)14-24(20)28/h3,5-14H,1,4,16H2,2H3/b21-12+. The van der Waals surface area contributed by atoms with Crippen LogP contribution in [0.15, 0.2) is 67.3 Å². The average Bonchev–Trinajstić information content (AvgIpc) is 2.82. The van der Waals surface area contributed by atoms with Crippen LogP contribution in [0.4, 0.5) is 5.69 Å². The van der Waals surface area contributed by atoms with Crippen LogP contribution in [0.2, 0.25) is 10.0 Å². The van der Waals surface area contributed by atoms with Gasteiger partial charge in [0.05, 0.1) is 23.7 Å². The van der Waals surface area contributed by atoms with Crippen molar-refractivity contribution in [3.8, 4) is 17.6 Å². The van der Waals surface area contributed by atoms with E-state index in [1.807, 2.05) is 6.07 Å². The summed E-state index contributed by atoms with van der Waals surface area (Å²) in [5, 5.41) is 21.6. The molecule has 0 radical (unpaired) electrons. The molecule has 0 aliphatic rings. The molecule has 3 aromatic carbocycles. The molecule has 3 rings (SSSR count). The first kappa shape index (κ1) is 24.8. The Morgan fingerprint density at radius 3 is 2.47 bits per heavy atom. The minimum atomic E-state index is -0.484. The summed E-state index contributed by atoms with van der Waals surface area (Å²) in [6, 6.07) is 16.8. The molecule has 0 aliphatic heterocycles. The van der Waals surface area contributed by atoms with Crippen molar-refractivity contribution in [2.24, 2.45) is 0 Å². The zero-order chi connectivity index (χ0) is 24.7. The van der Waals surface area contributed by atoms with Gasteiger partial charge in [0.1, 0.15) is 6.61 Å². The Bertz CT molecular complexity index is 1300. The topological polar surface area (TPSA) is 85.4 Å². The minimum Gasteiger partial charge on any atom is -0.493 e. The zero-order valence-electron chi connectivity index (χ0n) is 18.3. The highest BCUT2D eigenvalue weighted by Crippen LogP contribution is 2.36. The molecule has 0 bridgehead atoms. The summed E-state index contributed by atoms with van der Waals surface area (Å²) in [5.41, 5.74) is 3.16. The van der Waals surface area contributed by atoms with Crippen molar-refractivity contribution in [2.75, 3.05) is 7.11 Å². The molecule has 0 spiro atoms. The predicted molar refractivity (Wildman–Crippen MR) is 134 cm³/mol. The van der Waals surface area contributed by atoms with Gasteiger partial charge in [0.25, 0.3) is 5.69 Å². The monoisotopic (exact) mass is 494 g/mol. The molecule has 0 amide bonds. The molecule has 3 aromatic rings. The largest absolute Gasteiger partial charge is 0.493 e. The third kappa shape index (κ3) is 5.96. The van der Waals surface area contributed by atoms with E-state index in [1.54, 1.807) is 48.6 Å². The smallest absolute Gasteiger partial charge is 0.269 e. The van der Waals surface area contributed by atoms with Gasteiger partial charge >= 0.3 is 0 Å². The summed E-state index contributed by atoms with van der Waals surface area (Å²) in [6.45, 7) is 4.02. The van der Waals surface area contributed by atoms with E-state index in [9.17, 15) is 15.4 Å². The van der Waals surface area contributed by atoms with E-state index >= 15 is 0 Å². The summed E-state index contributed by atoms with van der Waals surface area (Å²) in [5.74, 6) is 1.02. The van der Waals surface area contributed by atoms with Gasteiger partial charge in [-0.15, -0.1) is 6.58 Å². The second-order valence-electron chi connectivity index (χ2n) is 7.20. The maximum Gasteiger partial charge on any atom is 0.269 e. The predicted octanol–water partition coefficient (Wildman–Crippen LogP) is 7.28. The third-order valence-corrected chi connectivity index (χ3v) is 5.53. The first-order valence-corrected chi connectivity index (χ1v) is 10.9. The van der Waals surface area contributed by atoms with E-state index in [-0.39, 0.29) is 12.3 Å². The number of hydrogen-bond donors (Lipinski definition) is 0. The van der Waals surface area contributed by atoms with Crippen molar-refractivity contribution >= 4 is 40.5 Å². The van der Waals surface area contributed by atoms with Gasteiger partial charge < -0.3 is 9.47 Å². The van der Waals surface area contributed by atoms with E-state index in [4.69, 9.17) is 32.7 Å². The van der Waals surface area contributed by atoms with E-state index in [2.05, 4.69) is 12.6 Å². The molecule has 0 aromatic heterocycles. The van der Waals surface area contributed by atoms with Gasteiger partial charge in [0, 0.05) is 33.3 Å². The maximum absolute atomic E-state index is 10.9. The van der Waals surface area contributed by atoms with Gasteiger partial charge in [-0.3, -0.25) is 10.1 Å². The number of hydrogen-bond acceptors (Lipinski definition) is 5. The lowest BCUT2D eigenvalue weighted by Gasteiger charge is -2.16. The number of allylic oxidation sites excluding steroid dienone is 2. The molecule has 0 saturated carbocycles. The first-order valence-electron chi connectivity index (χ1n) is 10.1. The minimum absolute atomic E-state index is 0.0433. The Kier molecular flexibility index (Phi) is 8.31. The Balaban J connectivity index is 1.97. The Morgan fingerprint density at radius 1 is 1.15 bits per heavy atom. The van der Waals surface area contributed by atoms with Crippen LogP contribution in [0.1, 0.15) is 22.3 Å². The number of rotatable bonds is 9. The van der Waals surface area contributed by atoms with E-state index in [0.717, 1.165) is 11.1 Å². The van der Waals surface area contributed by atoms with Crippen LogP contribution in [0.5, 0.6) is 11.5 Å². The number of methoxy groups -OCH3 is 1. The highest BCUT2D eigenvalue weighted by molar-refractivity contribution is 6.35. The summed E-state index contributed by atoms with van der Waals surface area (Å²) in [6.07, 6.45) is 3.93. The molecule has 8 heteroatoms. The van der Waals surface area contributed by atoms with Gasteiger partial charge in [-0.25, -0.2) is 0 Å². The summed E-state index contributed by atoms with van der Waals surface area (Å²) < 4.78 is 11.6. The maximum atomic E-state index is 10.9. The van der Waals surface area contributed by atoms with E-state index in [0.29, 0.717) is 44.7 Å². The fraction of sp³-hybridized carbons (Fsp3) is 0.115. The lowest BCUT2D eigenvalue weighted by atomic mass is 10.0. The third-order valence-electron chi connectivity index (χ3n) is 4.95. The molecule has 34 heavy (non-hydrogen) atoms. The summed E-state index contributed by atoms with van der Waals surface area (Å²) in [7, 11) is 1.53. The average molecular weight is 495 g/mol. The van der Waals surface area contributed by atoms with Crippen LogP contribution >= 0.6 is 23.2 Å². The van der Waals surface area contributed by atoms with Crippen LogP contribution in [0.25, 0.3) is 11.6 Å². The molecule has 0 unspecified atom stereocenters. The molecule has 0 saturated heterocycles. The van der Waals surface area contributed by atoms with Crippen LogP contribution in [0.3, 0.4) is 0 Å². The SMILES string of the molecule is C=CCc1cc(/C=C(\C#N)c2ccc([N+](=O)[O-])cc2)cc(OC)c1OCc1ccc(Cl)cc1Cl. The van der Waals surface area contributed by atoms with Crippen molar-refractivity contribution in [1.29, 1.82) is 5.26 Å². The first-order chi connectivity index (χ1) is 16.4. The lowest BCUT2D eigenvalue weighted by molar-refractivity contribution is -0.384. The second kappa shape index (κ2) is 11.4. The molecule has 0 heterocycles. The van der Waals surface area contributed by atoms with Crippen molar-refractivity contribution in [3.63, 3.8) is 0 Å². The lowest BCUT2D eigenvalue weighted by Crippen LogP contribution is -2.02. The molecule has 0 atom stereocenters. The summed E-state index contributed by atoms with van der Waals surface area (Å²) >= 11 is 12.2. The zero-order valence-corrected chi connectivity index (χ0v) is 19.8. The van der Waals surface area contributed by atoms with Crippen LogP contribution in [-0.2, 0) is 13.0 Å². The van der Waals surface area contributed by atoms with Crippen molar-refractivity contribution in [2.45, 2.75) is 13.0 Å². The second-order valence-corrected chi connectivity index (χ2v) is 8.05. The molecule has 6 nitrogen and oxygen atoms in total. The highest BCUT2D eigenvalue weighted by Gasteiger charge is 2.15. The fourth-order valence-electron chi connectivity index (χ4n) is 3.29. The number of nitriles is 1. The van der Waals surface area contributed by atoms with Gasteiger partial charge in [-0.1, -0.05) is 35.3 Å². The Labute approximate surface area is 207 Å². The molecule has 0 fully saturated rings. The van der Waals surface area contributed by atoms with Gasteiger partial charge in [-0.05, 0) is 60.0 Å². The van der Waals surface area contributed by atoms with Crippen molar-refractivity contribution in [1.82, 2.24) is 0 Å². The molecular weight excluding hydrogens is 475 g/mol. The molecular formula is C26H20Cl2N2O4. The van der Waals surface area contributed by atoms with E-state index in [1.165, 1.54) is 19.2 Å². The van der Waals surface area contributed by atoms with Gasteiger partial charge in [0.2, 0.25) is 0 Å². The highest BCUT2D eigenvalue weighted by atomic mass is 35.5. The van der Waals surface area contributed by atoms with Crippen molar-refractivity contribution in [3.05, 3.63) is 110 Å². The number of non-ortho nitro benzene ring substituents is 1. The molecule has 172 valence electrons. The quantitative estimate of drug-likeness (QED) is 0.102. The van der Waals surface area contributed by atoms with Gasteiger partial charge in [-0.2, -0.15) is 5.26 Å². The summed E-state index contributed by atoms with van der Waals surface area (Å²) in [4.78, 5) is 10.4. The molecule has 0 N–H and O–H groups in total. The Morgan fingerprint density at radius 2 is 1.88 bits per heavy atom. The van der Waals surface area contributed by atoms with Crippen molar-refractivity contribution < 1.29 is 14.4 Å².